The second-order valence-corrected chi connectivity index (χ2v) is 9.47. The van der Waals surface area contributed by atoms with Crippen LogP contribution in [0.2, 0.25) is 0 Å². The molecule has 1 amide bonds. The molecule has 7 nitrogen and oxygen atoms in total. The third-order valence-corrected chi connectivity index (χ3v) is 6.82. The topological polar surface area (TPSA) is 96.8 Å². The van der Waals surface area contributed by atoms with Crippen LogP contribution in [0, 0.1) is 0 Å². The summed E-state index contributed by atoms with van der Waals surface area (Å²) in [5.41, 5.74) is 8.74. The number of carbonyl (C=O) groups is 2. The molecule has 2 N–H and O–H groups in total. The fourth-order valence-corrected chi connectivity index (χ4v) is 4.82. The van der Waals surface area contributed by atoms with Crippen LogP contribution in [0.4, 0.5) is 0 Å². The quantitative estimate of drug-likeness (QED) is 0.151. The van der Waals surface area contributed by atoms with Gasteiger partial charge >= 0.3 is 5.97 Å². The average molecular weight is 552 g/mol. The van der Waals surface area contributed by atoms with Crippen LogP contribution in [0.1, 0.15) is 26.5 Å². The van der Waals surface area contributed by atoms with Crippen molar-refractivity contribution < 1.29 is 19.1 Å². The summed E-state index contributed by atoms with van der Waals surface area (Å²) in [6.45, 7) is 0. The van der Waals surface area contributed by atoms with E-state index >= 15 is 0 Å². The number of aromatic nitrogens is 1. The molecule has 0 radical (unpaired) electrons. The lowest BCUT2D eigenvalue weighted by molar-refractivity contribution is 0.0697. The third-order valence-electron chi connectivity index (χ3n) is 6.82. The minimum atomic E-state index is -1.04. The lowest BCUT2D eigenvalue weighted by Gasteiger charge is -2.15. The Morgan fingerprint density at radius 3 is 1.90 bits per heavy atom. The molecule has 0 atom stereocenters. The Bertz CT molecular complexity index is 1830. The number of nitrogens with one attached hydrogen (secondary N) is 1. The van der Waals surface area contributed by atoms with Gasteiger partial charge < -0.3 is 14.1 Å². The van der Waals surface area contributed by atoms with Gasteiger partial charge in [0.1, 0.15) is 11.5 Å². The predicted octanol–water partition coefficient (Wildman–Crippen LogP) is 7.53. The summed E-state index contributed by atoms with van der Waals surface area (Å²) in [7, 11) is 0. The van der Waals surface area contributed by atoms with Crippen LogP contribution in [0.5, 0.6) is 0 Å². The van der Waals surface area contributed by atoms with Gasteiger partial charge in [0.2, 0.25) is 0 Å². The number of amides is 1. The van der Waals surface area contributed by atoms with E-state index in [0.29, 0.717) is 22.6 Å². The van der Waals surface area contributed by atoms with Crippen molar-refractivity contribution in [3.05, 3.63) is 150 Å². The standard InChI is InChI=1S/C35H25N3O4/c39-34(37-36-23-28-19-22-33(42-28)29-13-7-8-14-30(29)35(40)41)26-15-17-27(18-16-26)38-31(24-9-3-1-4-10-24)20-21-32(38)25-11-5-2-6-12-25/h1-23H,(H,37,39)(H,40,41)/b36-23-. The van der Waals surface area contributed by atoms with Crippen LogP contribution in [0.15, 0.2) is 143 Å². The number of hydrogen-bond donors (Lipinski definition) is 2. The fourth-order valence-electron chi connectivity index (χ4n) is 4.82. The molecule has 0 saturated heterocycles. The summed E-state index contributed by atoms with van der Waals surface area (Å²) in [4.78, 5) is 24.3. The first kappa shape index (κ1) is 26.3. The summed E-state index contributed by atoms with van der Waals surface area (Å²) in [6, 6.07) is 41.8. The zero-order valence-electron chi connectivity index (χ0n) is 22.3. The molecule has 6 rings (SSSR count). The van der Waals surface area contributed by atoms with Gasteiger partial charge in [-0.1, -0.05) is 78.9 Å². The minimum Gasteiger partial charge on any atom is -0.478 e. The number of carboxylic acid groups (broad SMARTS) is 1. The largest absolute Gasteiger partial charge is 0.478 e. The van der Waals surface area contributed by atoms with Gasteiger partial charge in [-0.15, -0.1) is 0 Å². The third kappa shape index (κ3) is 5.39. The van der Waals surface area contributed by atoms with Crippen LogP contribution in [-0.4, -0.2) is 27.8 Å². The number of aromatic carboxylic acids is 1. The molecule has 0 aliphatic carbocycles. The number of nitrogens with zero attached hydrogens (tertiary/aromatic N) is 2. The van der Waals surface area contributed by atoms with Crippen LogP contribution in [0.3, 0.4) is 0 Å². The fraction of sp³-hybridized carbons (Fsp3) is 0. The maximum Gasteiger partial charge on any atom is 0.336 e. The van der Waals surface area contributed by atoms with Crippen molar-refractivity contribution >= 4 is 18.1 Å². The average Bonchev–Trinajstić information content (AvgIpc) is 3.70. The van der Waals surface area contributed by atoms with Crippen LogP contribution in [0.25, 0.3) is 39.5 Å². The Kier molecular flexibility index (Phi) is 7.29. The maximum absolute atomic E-state index is 12.8. The van der Waals surface area contributed by atoms with E-state index in [9.17, 15) is 14.7 Å². The number of rotatable bonds is 8. The molecule has 0 bridgehead atoms. The highest BCUT2D eigenvalue weighted by molar-refractivity contribution is 5.96. The molecule has 0 aliphatic heterocycles. The van der Waals surface area contributed by atoms with E-state index in [1.165, 1.54) is 12.3 Å². The van der Waals surface area contributed by atoms with Crippen molar-refractivity contribution in [3.63, 3.8) is 0 Å². The summed E-state index contributed by atoms with van der Waals surface area (Å²) < 4.78 is 7.92. The summed E-state index contributed by atoms with van der Waals surface area (Å²) in [5, 5.41) is 13.5. The Morgan fingerprint density at radius 1 is 0.690 bits per heavy atom. The molecule has 2 aromatic heterocycles. The highest BCUT2D eigenvalue weighted by Crippen LogP contribution is 2.32. The van der Waals surface area contributed by atoms with E-state index in [1.807, 2.05) is 48.5 Å². The molecular formula is C35H25N3O4. The lowest BCUT2D eigenvalue weighted by atomic mass is 10.1. The Morgan fingerprint density at radius 2 is 1.29 bits per heavy atom. The van der Waals surface area contributed by atoms with Crippen molar-refractivity contribution in [2.24, 2.45) is 5.10 Å². The summed E-state index contributed by atoms with van der Waals surface area (Å²) in [6.07, 6.45) is 1.37. The minimum absolute atomic E-state index is 0.138. The summed E-state index contributed by atoms with van der Waals surface area (Å²) in [5.74, 6) is -0.652. The molecule has 42 heavy (non-hydrogen) atoms. The van der Waals surface area contributed by atoms with E-state index in [1.54, 1.807) is 42.5 Å². The first-order valence-corrected chi connectivity index (χ1v) is 13.3. The van der Waals surface area contributed by atoms with Crippen LogP contribution >= 0.6 is 0 Å². The summed E-state index contributed by atoms with van der Waals surface area (Å²) >= 11 is 0. The zero-order chi connectivity index (χ0) is 28.9. The molecule has 7 heteroatoms. The molecule has 204 valence electrons. The first-order valence-electron chi connectivity index (χ1n) is 13.3. The van der Waals surface area contributed by atoms with Gasteiger partial charge in [0.05, 0.1) is 23.2 Å². The number of carbonyl (C=O) groups excluding carboxylic acids is 1. The first-order chi connectivity index (χ1) is 20.6. The highest BCUT2D eigenvalue weighted by Gasteiger charge is 2.15. The molecule has 2 heterocycles. The monoisotopic (exact) mass is 551 g/mol. The highest BCUT2D eigenvalue weighted by atomic mass is 16.4. The van der Waals surface area contributed by atoms with E-state index < -0.39 is 5.97 Å². The second kappa shape index (κ2) is 11.7. The maximum atomic E-state index is 12.8. The zero-order valence-corrected chi connectivity index (χ0v) is 22.3. The Hall–Kier alpha value is -5.95. The van der Waals surface area contributed by atoms with Crippen molar-refractivity contribution in [1.82, 2.24) is 9.99 Å². The van der Waals surface area contributed by atoms with Gasteiger partial charge in [0.25, 0.3) is 5.91 Å². The van der Waals surface area contributed by atoms with Crippen LogP contribution < -0.4 is 5.43 Å². The van der Waals surface area contributed by atoms with Crippen molar-refractivity contribution in [2.75, 3.05) is 0 Å². The SMILES string of the molecule is O=C(N/N=C\c1ccc(-c2ccccc2C(=O)O)o1)c1ccc(-n2c(-c3ccccc3)ccc2-c2ccccc2)cc1. The van der Waals surface area contributed by atoms with E-state index in [0.717, 1.165) is 28.2 Å². The van der Waals surface area contributed by atoms with Gasteiger partial charge in [-0.2, -0.15) is 5.10 Å². The number of furan rings is 1. The Labute approximate surface area is 242 Å². The van der Waals surface area contributed by atoms with Gasteiger partial charge in [-0.05, 0) is 65.7 Å². The number of hydrazone groups is 1. The number of hydrogen-bond acceptors (Lipinski definition) is 4. The smallest absolute Gasteiger partial charge is 0.336 e. The predicted molar refractivity (Wildman–Crippen MR) is 163 cm³/mol. The number of carboxylic acids is 1. The van der Waals surface area contributed by atoms with E-state index in [-0.39, 0.29) is 11.5 Å². The molecular weight excluding hydrogens is 526 g/mol. The van der Waals surface area contributed by atoms with Gasteiger partial charge in [0, 0.05) is 16.8 Å². The van der Waals surface area contributed by atoms with E-state index in [2.05, 4.69) is 51.5 Å². The molecule has 0 saturated carbocycles. The van der Waals surface area contributed by atoms with Crippen molar-refractivity contribution in [3.8, 4) is 39.5 Å². The second-order valence-electron chi connectivity index (χ2n) is 9.47. The van der Waals surface area contributed by atoms with Crippen molar-refractivity contribution in [2.45, 2.75) is 0 Å². The molecule has 0 aliphatic rings. The molecule has 0 fully saturated rings. The van der Waals surface area contributed by atoms with Gasteiger partial charge in [-0.25, -0.2) is 10.2 Å². The van der Waals surface area contributed by atoms with Gasteiger partial charge in [0.15, 0.2) is 0 Å². The molecule has 0 unspecified atom stereocenters. The van der Waals surface area contributed by atoms with Crippen molar-refractivity contribution in [1.29, 1.82) is 0 Å². The normalized spacial score (nSPS) is 11.0. The molecule has 4 aromatic carbocycles. The lowest BCUT2D eigenvalue weighted by Crippen LogP contribution is -2.17. The molecule has 0 spiro atoms. The van der Waals surface area contributed by atoms with Gasteiger partial charge in [-0.3, -0.25) is 4.79 Å². The number of benzene rings is 4. The molecule has 6 aromatic rings. The van der Waals surface area contributed by atoms with E-state index in [4.69, 9.17) is 4.42 Å². The Balaban J connectivity index is 1.21. The van der Waals surface area contributed by atoms with Crippen LogP contribution in [-0.2, 0) is 0 Å².